The van der Waals surface area contributed by atoms with E-state index in [4.69, 9.17) is 4.42 Å². The summed E-state index contributed by atoms with van der Waals surface area (Å²) in [6.45, 7) is 5.70. The third-order valence-electron chi connectivity index (χ3n) is 5.43. The van der Waals surface area contributed by atoms with E-state index in [0.717, 1.165) is 37.0 Å². The molecule has 138 valence electrons. The summed E-state index contributed by atoms with van der Waals surface area (Å²) >= 11 is 0. The van der Waals surface area contributed by atoms with Crippen LogP contribution >= 0.6 is 0 Å². The van der Waals surface area contributed by atoms with Gasteiger partial charge in [-0.25, -0.2) is 0 Å². The molecule has 3 heterocycles. The number of hydrogen-bond donors (Lipinski definition) is 0. The first-order valence-electron chi connectivity index (χ1n) is 9.26. The maximum Gasteiger partial charge on any atom is 0.298 e. The van der Waals surface area contributed by atoms with Gasteiger partial charge in [-0.05, 0) is 25.0 Å². The minimum Gasteiger partial charge on any atom is -0.423 e. The van der Waals surface area contributed by atoms with Gasteiger partial charge in [0.05, 0.1) is 0 Å². The molecule has 0 saturated carbocycles. The lowest BCUT2D eigenvalue weighted by atomic mass is 9.95. The van der Waals surface area contributed by atoms with E-state index in [1.165, 1.54) is 0 Å². The number of fused-ring (bicyclic) bond motifs is 1. The Morgan fingerprint density at radius 2 is 1.65 bits per heavy atom. The summed E-state index contributed by atoms with van der Waals surface area (Å²) in [7, 11) is 0. The van der Waals surface area contributed by atoms with Crippen LogP contribution in [0.2, 0.25) is 0 Å². The molecule has 0 aliphatic carbocycles. The lowest BCUT2D eigenvalue weighted by Crippen LogP contribution is -2.52. The van der Waals surface area contributed by atoms with Gasteiger partial charge >= 0.3 is 0 Å². The molecular formula is C19H24N4O3. The van der Waals surface area contributed by atoms with Crippen molar-refractivity contribution in [3.8, 4) is 0 Å². The van der Waals surface area contributed by atoms with Crippen LogP contribution in [-0.2, 0) is 9.59 Å². The van der Waals surface area contributed by atoms with Crippen LogP contribution in [0.15, 0.2) is 28.7 Å². The van der Waals surface area contributed by atoms with Crippen LogP contribution in [0.1, 0.15) is 19.8 Å². The molecule has 2 aliphatic rings. The predicted molar refractivity (Wildman–Crippen MR) is 97.8 cm³/mol. The average molecular weight is 356 g/mol. The highest BCUT2D eigenvalue weighted by atomic mass is 16.4. The van der Waals surface area contributed by atoms with Crippen molar-refractivity contribution in [3.05, 3.63) is 24.3 Å². The summed E-state index contributed by atoms with van der Waals surface area (Å²) in [6.07, 6.45) is 1.62. The number of anilines is 1. The van der Waals surface area contributed by atoms with E-state index in [2.05, 4.69) is 9.88 Å². The van der Waals surface area contributed by atoms with Crippen LogP contribution in [0.4, 0.5) is 6.01 Å². The Balaban J connectivity index is 1.33. The maximum atomic E-state index is 12.8. The lowest BCUT2D eigenvalue weighted by molar-refractivity contribution is -0.141. The van der Waals surface area contributed by atoms with Crippen LogP contribution in [0.5, 0.6) is 0 Å². The Morgan fingerprint density at radius 3 is 2.31 bits per heavy atom. The van der Waals surface area contributed by atoms with E-state index in [1.54, 1.807) is 11.8 Å². The Bertz CT molecular complexity index is 769. The molecule has 1 aromatic carbocycles. The molecule has 26 heavy (non-hydrogen) atoms. The number of piperidine rings is 1. The monoisotopic (exact) mass is 356 g/mol. The van der Waals surface area contributed by atoms with Crippen molar-refractivity contribution in [3.63, 3.8) is 0 Å². The minimum atomic E-state index is 0.0551. The molecule has 4 rings (SSSR count). The number of nitrogens with zero attached hydrogens (tertiary/aromatic N) is 4. The van der Waals surface area contributed by atoms with Crippen molar-refractivity contribution in [1.29, 1.82) is 0 Å². The number of para-hydroxylation sites is 2. The number of hydrogen-bond acceptors (Lipinski definition) is 5. The van der Waals surface area contributed by atoms with E-state index >= 15 is 0 Å². The molecule has 2 saturated heterocycles. The second-order valence-electron chi connectivity index (χ2n) is 7.06. The third kappa shape index (κ3) is 3.25. The SMILES string of the molecule is CC(=O)N1CCN(C(=O)C2CCN(c3nc4ccccc4o3)CC2)CC1. The number of benzene rings is 1. The van der Waals surface area contributed by atoms with Crippen molar-refractivity contribution >= 4 is 28.9 Å². The zero-order valence-electron chi connectivity index (χ0n) is 15.1. The van der Waals surface area contributed by atoms with Crippen molar-refractivity contribution < 1.29 is 14.0 Å². The molecule has 0 radical (unpaired) electrons. The Hall–Kier alpha value is -2.57. The first-order valence-corrected chi connectivity index (χ1v) is 9.26. The Kier molecular flexibility index (Phi) is 4.53. The fourth-order valence-electron chi connectivity index (χ4n) is 3.81. The molecule has 0 N–H and O–H groups in total. The van der Waals surface area contributed by atoms with Gasteiger partial charge in [-0.3, -0.25) is 9.59 Å². The zero-order chi connectivity index (χ0) is 18.1. The summed E-state index contributed by atoms with van der Waals surface area (Å²) in [5.41, 5.74) is 1.66. The van der Waals surface area contributed by atoms with Gasteiger partial charge in [-0.15, -0.1) is 0 Å². The van der Waals surface area contributed by atoms with Gasteiger partial charge in [-0.1, -0.05) is 12.1 Å². The van der Waals surface area contributed by atoms with Gasteiger partial charge in [0.15, 0.2) is 5.58 Å². The number of oxazole rings is 1. The lowest BCUT2D eigenvalue weighted by Gasteiger charge is -2.38. The Labute approximate surface area is 152 Å². The summed E-state index contributed by atoms with van der Waals surface area (Å²) in [6, 6.07) is 8.40. The van der Waals surface area contributed by atoms with E-state index in [0.29, 0.717) is 32.2 Å². The van der Waals surface area contributed by atoms with E-state index in [-0.39, 0.29) is 17.7 Å². The average Bonchev–Trinajstić information content (AvgIpc) is 3.12. The van der Waals surface area contributed by atoms with Crippen LogP contribution in [0.25, 0.3) is 11.1 Å². The molecule has 7 nitrogen and oxygen atoms in total. The topological polar surface area (TPSA) is 69.9 Å². The molecule has 7 heteroatoms. The molecular weight excluding hydrogens is 332 g/mol. The molecule has 1 aromatic heterocycles. The van der Waals surface area contributed by atoms with Crippen LogP contribution in [-0.4, -0.2) is 65.9 Å². The molecule has 2 aliphatic heterocycles. The second kappa shape index (κ2) is 6.97. The van der Waals surface area contributed by atoms with Crippen LogP contribution in [0.3, 0.4) is 0 Å². The van der Waals surface area contributed by atoms with Crippen molar-refractivity contribution in [2.75, 3.05) is 44.2 Å². The van der Waals surface area contributed by atoms with E-state index in [1.807, 2.05) is 29.2 Å². The molecule has 0 unspecified atom stereocenters. The summed E-state index contributed by atoms with van der Waals surface area (Å²) in [5.74, 6) is 0.369. The maximum absolute atomic E-state index is 12.8. The third-order valence-corrected chi connectivity index (χ3v) is 5.43. The minimum absolute atomic E-state index is 0.0551. The standard InChI is InChI=1S/C19H24N4O3/c1-14(24)21-10-12-22(13-11-21)18(25)15-6-8-23(9-7-15)19-20-16-4-2-3-5-17(16)26-19/h2-5,15H,6-13H2,1H3. The highest BCUT2D eigenvalue weighted by molar-refractivity contribution is 5.80. The summed E-state index contributed by atoms with van der Waals surface area (Å²) in [5, 5.41) is 0. The van der Waals surface area contributed by atoms with Gasteiger partial charge in [0.2, 0.25) is 11.8 Å². The summed E-state index contributed by atoms with van der Waals surface area (Å²) < 4.78 is 5.84. The summed E-state index contributed by atoms with van der Waals surface area (Å²) in [4.78, 5) is 34.6. The van der Waals surface area contributed by atoms with Gasteiger partial charge in [0, 0.05) is 52.1 Å². The molecule has 0 bridgehead atoms. The number of amides is 2. The smallest absolute Gasteiger partial charge is 0.298 e. The number of carbonyl (C=O) groups excluding carboxylic acids is 2. The molecule has 0 spiro atoms. The number of piperazine rings is 1. The normalized spacial score (nSPS) is 19.2. The van der Waals surface area contributed by atoms with Crippen molar-refractivity contribution in [2.24, 2.45) is 5.92 Å². The van der Waals surface area contributed by atoms with Gasteiger partial charge in [0.25, 0.3) is 6.01 Å². The number of aromatic nitrogens is 1. The van der Waals surface area contributed by atoms with Crippen molar-refractivity contribution in [1.82, 2.24) is 14.8 Å². The molecule has 0 atom stereocenters. The second-order valence-corrected chi connectivity index (χ2v) is 7.06. The quantitative estimate of drug-likeness (QED) is 0.820. The van der Waals surface area contributed by atoms with Gasteiger partial charge in [-0.2, -0.15) is 4.98 Å². The zero-order valence-corrected chi connectivity index (χ0v) is 15.1. The van der Waals surface area contributed by atoms with Crippen molar-refractivity contribution in [2.45, 2.75) is 19.8 Å². The van der Waals surface area contributed by atoms with Gasteiger partial charge < -0.3 is 19.1 Å². The first-order chi connectivity index (χ1) is 12.6. The van der Waals surface area contributed by atoms with Crippen LogP contribution in [0, 0.1) is 5.92 Å². The van der Waals surface area contributed by atoms with Crippen LogP contribution < -0.4 is 4.90 Å². The molecule has 2 amide bonds. The number of carbonyl (C=O) groups is 2. The highest BCUT2D eigenvalue weighted by Gasteiger charge is 2.31. The first kappa shape index (κ1) is 16.9. The largest absolute Gasteiger partial charge is 0.423 e. The fraction of sp³-hybridized carbons (Fsp3) is 0.526. The molecule has 2 fully saturated rings. The fourth-order valence-corrected chi connectivity index (χ4v) is 3.81. The van der Waals surface area contributed by atoms with E-state index in [9.17, 15) is 9.59 Å². The van der Waals surface area contributed by atoms with E-state index < -0.39 is 0 Å². The Morgan fingerprint density at radius 1 is 1.00 bits per heavy atom. The molecule has 2 aromatic rings. The van der Waals surface area contributed by atoms with Gasteiger partial charge in [0.1, 0.15) is 5.52 Å². The highest BCUT2D eigenvalue weighted by Crippen LogP contribution is 2.27. The number of rotatable bonds is 2. The predicted octanol–water partition coefficient (Wildman–Crippen LogP) is 1.73.